The topological polar surface area (TPSA) is 6.48 Å². The predicted octanol–water partition coefficient (Wildman–Crippen LogP) is 17.3. The van der Waals surface area contributed by atoms with Crippen LogP contribution in [0.1, 0.15) is 154 Å². The summed E-state index contributed by atoms with van der Waals surface area (Å²) in [4.78, 5) is 5.07. The summed E-state index contributed by atoms with van der Waals surface area (Å²) in [6.07, 6.45) is 0.832. The summed E-state index contributed by atoms with van der Waals surface area (Å²) < 4.78 is 0. The molecule has 0 radical (unpaired) electrons. The van der Waals surface area contributed by atoms with Gasteiger partial charge in [0.1, 0.15) is 0 Å². The summed E-state index contributed by atoms with van der Waals surface area (Å²) in [6, 6.07) is 68.4. The molecule has 0 saturated carbocycles. The van der Waals surface area contributed by atoms with Gasteiger partial charge in [-0.15, -0.1) is 0 Å². The van der Waals surface area contributed by atoms with Crippen molar-refractivity contribution >= 4 is 57.2 Å². The molecule has 73 heavy (non-hydrogen) atoms. The lowest BCUT2D eigenvalue weighted by Crippen LogP contribution is -2.58. The van der Waals surface area contributed by atoms with Gasteiger partial charge in [0.2, 0.25) is 6.71 Å². The highest BCUT2D eigenvalue weighted by molar-refractivity contribution is 6.98. The number of benzene rings is 8. The molecule has 0 fully saturated rings. The maximum atomic E-state index is 2.61. The van der Waals surface area contributed by atoms with E-state index in [0.29, 0.717) is 0 Å². The Morgan fingerprint density at radius 3 is 1.37 bits per heavy atom. The Morgan fingerprint density at radius 1 is 0.397 bits per heavy atom. The average Bonchev–Trinajstić information content (AvgIpc) is 3.48. The minimum Gasteiger partial charge on any atom is -0.311 e. The minimum atomic E-state index is -0.0574. The zero-order valence-electron chi connectivity index (χ0n) is 46.5. The smallest absolute Gasteiger partial charge is 0.247 e. The molecule has 370 valence electrons. The van der Waals surface area contributed by atoms with Crippen molar-refractivity contribution in [2.45, 2.75) is 143 Å². The second-order valence-electron chi connectivity index (χ2n) is 26.4. The first-order valence-electron chi connectivity index (χ1n) is 26.9. The van der Waals surface area contributed by atoms with Crippen molar-refractivity contribution in [3.8, 4) is 11.1 Å². The van der Waals surface area contributed by atoms with Crippen LogP contribution in [-0.2, 0) is 33.5 Å². The first kappa shape index (κ1) is 50.0. The quantitative estimate of drug-likeness (QED) is 0.153. The Labute approximate surface area is 439 Å². The number of hydrogen-bond donors (Lipinski definition) is 0. The SMILES string of the molecule is CC(C)(C)c1ccc(-c2cc(C(C)(C)C)ccc2C2Cc3cc(N(c4ccccc4)c4ccccc4)cc4c3B(c3cc(C(C)(C)C)ccc32)c2cc(C(C)(C)C)ccc2N4c2ccc(C(C)(C)C)cc2)cc1. The maximum Gasteiger partial charge on any atom is 0.247 e. The fourth-order valence-corrected chi connectivity index (χ4v) is 11.5. The van der Waals surface area contributed by atoms with Crippen molar-refractivity contribution < 1.29 is 0 Å². The first-order valence-corrected chi connectivity index (χ1v) is 26.9. The largest absolute Gasteiger partial charge is 0.311 e. The number of para-hydroxylation sites is 2. The van der Waals surface area contributed by atoms with E-state index in [0.717, 1.165) is 23.5 Å². The summed E-state index contributed by atoms with van der Waals surface area (Å²) >= 11 is 0. The highest BCUT2D eigenvalue weighted by Gasteiger charge is 2.43. The third-order valence-corrected chi connectivity index (χ3v) is 15.9. The highest BCUT2D eigenvalue weighted by Crippen LogP contribution is 2.47. The number of hydrogen-bond acceptors (Lipinski definition) is 2. The van der Waals surface area contributed by atoms with E-state index >= 15 is 0 Å². The molecule has 2 aliphatic rings. The molecule has 0 saturated heterocycles. The molecule has 0 amide bonds. The van der Waals surface area contributed by atoms with Crippen molar-refractivity contribution in [2.24, 2.45) is 0 Å². The van der Waals surface area contributed by atoms with Gasteiger partial charge in [0.15, 0.2) is 0 Å². The molecule has 3 heteroatoms. The van der Waals surface area contributed by atoms with Crippen molar-refractivity contribution in [2.75, 3.05) is 9.80 Å². The first-order chi connectivity index (χ1) is 34.4. The highest BCUT2D eigenvalue weighted by atomic mass is 15.2. The molecular formula is C70H77BN2. The summed E-state index contributed by atoms with van der Waals surface area (Å²) in [5, 5.41) is 0. The molecule has 8 aromatic rings. The molecule has 1 atom stereocenters. The lowest BCUT2D eigenvalue weighted by Gasteiger charge is -2.40. The Hall–Kier alpha value is -6.58. The Balaban J connectivity index is 1.34. The standard InChI is InChI=1S/C70H77BN2/c1-66(2,3)48-28-26-46(27-29-48)59-42-50(68(7,8)9)32-37-57(59)60-41-47-40-56(72(53-22-18-16-19-23-53)54-24-20-17-21-25-54)45-64-65(47)71(61-43-51(69(10,11)12)33-38-58(60)61)62-44-52(70(13,14)15)34-39-63(62)73(64)55-35-30-49(31-36-55)67(4,5)6/h16-40,42-45,60H,41H2,1-15H3. The summed E-state index contributed by atoms with van der Waals surface area (Å²) in [6.45, 7) is 35.1. The van der Waals surface area contributed by atoms with Gasteiger partial charge in [-0.3, -0.25) is 0 Å². The molecule has 0 spiro atoms. The van der Waals surface area contributed by atoms with E-state index in [-0.39, 0.29) is 39.7 Å². The van der Waals surface area contributed by atoms with Gasteiger partial charge in [-0.2, -0.15) is 0 Å². The van der Waals surface area contributed by atoms with Crippen LogP contribution < -0.4 is 26.2 Å². The van der Waals surface area contributed by atoms with Crippen LogP contribution in [0, 0.1) is 0 Å². The molecule has 0 aliphatic carbocycles. The summed E-state index contributed by atoms with van der Waals surface area (Å²) in [5.74, 6) is 0.0518. The molecule has 2 aliphatic heterocycles. The van der Waals surface area contributed by atoms with E-state index in [1.54, 1.807) is 0 Å². The number of nitrogens with zero attached hydrogens (tertiary/aromatic N) is 2. The van der Waals surface area contributed by atoms with Crippen LogP contribution in [-0.4, -0.2) is 6.71 Å². The molecular weight excluding hydrogens is 880 g/mol. The van der Waals surface area contributed by atoms with E-state index in [2.05, 4.69) is 290 Å². The van der Waals surface area contributed by atoms with Gasteiger partial charge in [0, 0.05) is 40.0 Å². The van der Waals surface area contributed by atoms with Gasteiger partial charge in [0.25, 0.3) is 0 Å². The van der Waals surface area contributed by atoms with E-state index in [4.69, 9.17) is 0 Å². The normalized spacial score (nSPS) is 14.8. The molecule has 8 aromatic carbocycles. The van der Waals surface area contributed by atoms with Crippen LogP contribution >= 0.6 is 0 Å². The third-order valence-electron chi connectivity index (χ3n) is 15.9. The summed E-state index contributed by atoms with van der Waals surface area (Å²) in [7, 11) is 0. The predicted molar refractivity (Wildman–Crippen MR) is 318 cm³/mol. The van der Waals surface area contributed by atoms with E-state index in [9.17, 15) is 0 Å². The Kier molecular flexibility index (Phi) is 12.4. The zero-order chi connectivity index (χ0) is 52.0. The van der Waals surface area contributed by atoms with Crippen LogP contribution in [0.5, 0.6) is 0 Å². The number of anilines is 6. The van der Waals surface area contributed by atoms with Gasteiger partial charge < -0.3 is 9.80 Å². The molecule has 0 aromatic heterocycles. The Morgan fingerprint density at radius 2 is 0.849 bits per heavy atom. The molecule has 10 rings (SSSR count). The van der Waals surface area contributed by atoms with Crippen molar-refractivity contribution in [1.82, 2.24) is 0 Å². The monoisotopic (exact) mass is 957 g/mol. The second kappa shape index (κ2) is 18.1. The molecule has 0 bridgehead atoms. The van der Waals surface area contributed by atoms with Gasteiger partial charge >= 0.3 is 0 Å². The maximum absolute atomic E-state index is 2.61. The fourth-order valence-electron chi connectivity index (χ4n) is 11.5. The minimum absolute atomic E-state index is 0.0194. The van der Waals surface area contributed by atoms with Crippen LogP contribution in [0.4, 0.5) is 34.1 Å². The van der Waals surface area contributed by atoms with E-state index in [1.807, 2.05) is 0 Å². The van der Waals surface area contributed by atoms with Crippen molar-refractivity contribution in [3.05, 3.63) is 220 Å². The third kappa shape index (κ3) is 9.50. The molecule has 2 heterocycles. The van der Waals surface area contributed by atoms with Gasteiger partial charge in [-0.05, 0) is 155 Å². The van der Waals surface area contributed by atoms with E-state index in [1.165, 1.54) is 89.1 Å². The van der Waals surface area contributed by atoms with Gasteiger partial charge in [-0.25, -0.2) is 0 Å². The second-order valence-corrected chi connectivity index (χ2v) is 26.4. The molecule has 2 nitrogen and oxygen atoms in total. The van der Waals surface area contributed by atoms with Crippen LogP contribution in [0.15, 0.2) is 176 Å². The molecule has 1 unspecified atom stereocenters. The van der Waals surface area contributed by atoms with E-state index < -0.39 is 0 Å². The molecule has 0 N–H and O–H groups in total. The Bertz CT molecular complexity index is 3270. The van der Waals surface area contributed by atoms with Gasteiger partial charge in [-0.1, -0.05) is 231 Å². The number of rotatable bonds is 6. The van der Waals surface area contributed by atoms with Crippen molar-refractivity contribution in [1.29, 1.82) is 0 Å². The summed E-state index contributed by atoms with van der Waals surface area (Å²) in [5.41, 5.74) is 24.7. The van der Waals surface area contributed by atoms with Crippen LogP contribution in [0.3, 0.4) is 0 Å². The fraction of sp³-hybridized carbons (Fsp3) is 0.314. The van der Waals surface area contributed by atoms with Crippen LogP contribution in [0.25, 0.3) is 11.1 Å². The number of fused-ring (bicyclic) bond motifs is 4. The lowest BCUT2D eigenvalue weighted by molar-refractivity contribution is 0.589. The van der Waals surface area contributed by atoms with Crippen molar-refractivity contribution in [3.63, 3.8) is 0 Å². The van der Waals surface area contributed by atoms with Crippen LogP contribution in [0.2, 0.25) is 0 Å². The average molecular weight is 957 g/mol. The lowest BCUT2D eigenvalue weighted by atomic mass is 9.34. The van der Waals surface area contributed by atoms with Gasteiger partial charge in [0.05, 0.1) is 0 Å². The zero-order valence-corrected chi connectivity index (χ0v) is 46.5.